The molecule has 1 unspecified atom stereocenters. The Bertz CT molecular complexity index is 654. The summed E-state index contributed by atoms with van der Waals surface area (Å²) < 4.78 is 24.3. The van der Waals surface area contributed by atoms with Crippen LogP contribution >= 0.6 is 0 Å². The number of halogens is 1. The minimum Gasteiger partial charge on any atom is -0.486 e. The molecule has 0 N–H and O–H groups in total. The highest BCUT2D eigenvalue weighted by molar-refractivity contribution is 5.63. The van der Waals surface area contributed by atoms with Crippen LogP contribution in [0.15, 0.2) is 42.5 Å². The van der Waals surface area contributed by atoms with E-state index in [0.29, 0.717) is 30.9 Å². The fraction of sp³-hybridized carbons (Fsp3) is 0.235. The van der Waals surface area contributed by atoms with Gasteiger partial charge in [-0.3, -0.25) is 0 Å². The number of rotatable bonds is 4. The molecule has 0 aliphatic carbocycles. The van der Waals surface area contributed by atoms with Gasteiger partial charge in [0.1, 0.15) is 25.3 Å². The van der Waals surface area contributed by atoms with Crippen LogP contribution in [-0.4, -0.2) is 19.5 Å². The molecular formula is C17H15FO3. The van der Waals surface area contributed by atoms with Gasteiger partial charge in [-0.05, 0) is 41.8 Å². The Morgan fingerprint density at radius 1 is 1.10 bits per heavy atom. The lowest BCUT2D eigenvalue weighted by molar-refractivity contribution is -0.109. The average molecular weight is 286 g/mol. The van der Waals surface area contributed by atoms with Crippen molar-refractivity contribution >= 4 is 6.29 Å². The van der Waals surface area contributed by atoms with Crippen LogP contribution in [0.4, 0.5) is 4.39 Å². The van der Waals surface area contributed by atoms with E-state index in [2.05, 4.69) is 0 Å². The lowest BCUT2D eigenvalue weighted by atomic mass is 9.93. The van der Waals surface area contributed by atoms with Crippen LogP contribution in [0.25, 0.3) is 0 Å². The van der Waals surface area contributed by atoms with Gasteiger partial charge in [-0.15, -0.1) is 0 Å². The van der Waals surface area contributed by atoms with Crippen LogP contribution < -0.4 is 9.47 Å². The Morgan fingerprint density at radius 3 is 2.67 bits per heavy atom. The van der Waals surface area contributed by atoms with E-state index in [0.717, 1.165) is 17.6 Å². The third-order valence-electron chi connectivity index (χ3n) is 3.50. The number of carbonyl (C=O) groups excluding carboxylic acids is 1. The predicted molar refractivity (Wildman–Crippen MR) is 76.3 cm³/mol. The van der Waals surface area contributed by atoms with Crippen LogP contribution in [0.1, 0.15) is 17.0 Å². The summed E-state index contributed by atoms with van der Waals surface area (Å²) in [4.78, 5) is 11.3. The monoisotopic (exact) mass is 286 g/mol. The Morgan fingerprint density at radius 2 is 1.90 bits per heavy atom. The second kappa shape index (κ2) is 5.95. The number of aldehydes is 1. The molecule has 1 atom stereocenters. The average Bonchev–Trinajstić information content (AvgIpc) is 2.52. The molecule has 1 heterocycles. The van der Waals surface area contributed by atoms with Crippen molar-refractivity contribution in [3.05, 3.63) is 59.4 Å². The number of hydrogen-bond donors (Lipinski definition) is 0. The maximum absolute atomic E-state index is 13.3. The molecule has 4 heteroatoms. The molecule has 0 saturated carbocycles. The van der Waals surface area contributed by atoms with Crippen molar-refractivity contribution in [2.24, 2.45) is 0 Å². The largest absolute Gasteiger partial charge is 0.486 e. The fourth-order valence-electron chi connectivity index (χ4n) is 2.45. The highest BCUT2D eigenvalue weighted by Gasteiger charge is 2.16. The van der Waals surface area contributed by atoms with Gasteiger partial charge in [-0.2, -0.15) is 0 Å². The van der Waals surface area contributed by atoms with Crippen molar-refractivity contribution in [1.29, 1.82) is 0 Å². The summed E-state index contributed by atoms with van der Waals surface area (Å²) in [5, 5.41) is 0. The van der Waals surface area contributed by atoms with Crippen LogP contribution in [0.2, 0.25) is 0 Å². The lowest BCUT2D eigenvalue weighted by Gasteiger charge is -2.19. The van der Waals surface area contributed by atoms with E-state index in [1.807, 2.05) is 18.2 Å². The summed E-state index contributed by atoms with van der Waals surface area (Å²) >= 11 is 0. The van der Waals surface area contributed by atoms with Crippen LogP contribution in [0.3, 0.4) is 0 Å². The first kappa shape index (κ1) is 13.6. The van der Waals surface area contributed by atoms with Crippen molar-refractivity contribution in [1.82, 2.24) is 0 Å². The quantitative estimate of drug-likeness (QED) is 0.810. The maximum Gasteiger partial charge on any atom is 0.161 e. The van der Waals surface area contributed by atoms with E-state index < -0.39 is 0 Å². The molecule has 0 bridgehead atoms. The van der Waals surface area contributed by atoms with E-state index in [1.165, 1.54) is 12.1 Å². The van der Waals surface area contributed by atoms with Crippen LogP contribution in [0, 0.1) is 5.82 Å². The SMILES string of the molecule is O=CC(Cc1ccc2c(c1)OCCO2)c1cccc(F)c1. The van der Waals surface area contributed by atoms with Gasteiger partial charge in [-0.1, -0.05) is 18.2 Å². The Hall–Kier alpha value is -2.36. The van der Waals surface area contributed by atoms with Crippen molar-refractivity contribution in [2.75, 3.05) is 13.2 Å². The zero-order valence-corrected chi connectivity index (χ0v) is 11.4. The normalized spacial score (nSPS) is 14.5. The van der Waals surface area contributed by atoms with E-state index in [1.54, 1.807) is 12.1 Å². The third kappa shape index (κ3) is 3.05. The van der Waals surface area contributed by atoms with Gasteiger partial charge in [0, 0.05) is 5.92 Å². The molecule has 3 rings (SSSR count). The van der Waals surface area contributed by atoms with Gasteiger partial charge in [-0.25, -0.2) is 4.39 Å². The van der Waals surface area contributed by atoms with Gasteiger partial charge >= 0.3 is 0 Å². The maximum atomic E-state index is 13.3. The summed E-state index contributed by atoms with van der Waals surface area (Å²) in [6, 6.07) is 11.8. The fourth-order valence-corrected chi connectivity index (χ4v) is 2.45. The summed E-state index contributed by atoms with van der Waals surface area (Å²) in [6.45, 7) is 1.07. The lowest BCUT2D eigenvalue weighted by Crippen LogP contribution is -2.15. The number of fused-ring (bicyclic) bond motifs is 1. The smallest absolute Gasteiger partial charge is 0.161 e. The number of benzene rings is 2. The van der Waals surface area contributed by atoms with Crippen LogP contribution in [0.5, 0.6) is 11.5 Å². The highest BCUT2D eigenvalue weighted by Crippen LogP contribution is 2.32. The molecule has 21 heavy (non-hydrogen) atoms. The molecule has 1 aliphatic heterocycles. The second-order valence-electron chi connectivity index (χ2n) is 4.98. The molecular weight excluding hydrogens is 271 g/mol. The molecule has 2 aromatic carbocycles. The Balaban J connectivity index is 1.82. The first-order valence-corrected chi connectivity index (χ1v) is 6.85. The Kier molecular flexibility index (Phi) is 3.86. The summed E-state index contributed by atoms with van der Waals surface area (Å²) in [5.41, 5.74) is 1.64. The molecule has 0 amide bonds. The number of carbonyl (C=O) groups is 1. The third-order valence-corrected chi connectivity index (χ3v) is 3.50. The molecule has 0 saturated heterocycles. The van der Waals surface area contributed by atoms with E-state index in [4.69, 9.17) is 9.47 Å². The number of ether oxygens (including phenoxy) is 2. The minimum atomic E-state index is -0.372. The molecule has 0 aromatic heterocycles. The van der Waals surface area contributed by atoms with E-state index in [-0.39, 0.29) is 11.7 Å². The zero-order valence-electron chi connectivity index (χ0n) is 11.4. The second-order valence-corrected chi connectivity index (χ2v) is 4.98. The molecule has 1 aliphatic rings. The topological polar surface area (TPSA) is 35.5 Å². The van der Waals surface area contributed by atoms with Crippen LogP contribution in [-0.2, 0) is 11.2 Å². The molecule has 108 valence electrons. The van der Waals surface area contributed by atoms with Crippen molar-refractivity contribution < 1.29 is 18.7 Å². The van der Waals surface area contributed by atoms with Gasteiger partial charge < -0.3 is 14.3 Å². The summed E-state index contributed by atoms with van der Waals surface area (Å²) in [7, 11) is 0. The van der Waals surface area contributed by atoms with Gasteiger partial charge in [0.05, 0.1) is 0 Å². The van der Waals surface area contributed by atoms with Crippen molar-refractivity contribution in [3.8, 4) is 11.5 Å². The molecule has 2 aromatic rings. The molecule has 0 spiro atoms. The first-order valence-electron chi connectivity index (χ1n) is 6.85. The van der Waals surface area contributed by atoms with Gasteiger partial charge in [0.2, 0.25) is 0 Å². The first-order chi connectivity index (χ1) is 10.3. The number of hydrogen-bond acceptors (Lipinski definition) is 3. The molecule has 3 nitrogen and oxygen atoms in total. The molecule has 0 radical (unpaired) electrons. The van der Waals surface area contributed by atoms with E-state index in [9.17, 15) is 9.18 Å². The zero-order chi connectivity index (χ0) is 14.7. The van der Waals surface area contributed by atoms with Gasteiger partial charge in [0.25, 0.3) is 0 Å². The summed E-state index contributed by atoms with van der Waals surface area (Å²) in [6.07, 6.45) is 1.36. The predicted octanol–water partition coefficient (Wildman–Crippen LogP) is 3.12. The van der Waals surface area contributed by atoms with Gasteiger partial charge in [0.15, 0.2) is 11.5 Å². The van der Waals surface area contributed by atoms with Crippen molar-refractivity contribution in [2.45, 2.75) is 12.3 Å². The Labute approximate surface area is 122 Å². The molecule has 0 fully saturated rings. The minimum absolute atomic E-state index is 0.332. The standard InChI is InChI=1S/C17H15FO3/c18-15-3-1-2-13(10-15)14(11-19)8-12-4-5-16-17(9-12)21-7-6-20-16/h1-5,9-11,14H,6-8H2. The summed E-state index contributed by atoms with van der Waals surface area (Å²) in [5.74, 6) is 0.714. The highest BCUT2D eigenvalue weighted by atomic mass is 19.1. The van der Waals surface area contributed by atoms with E-state index >= 15 is 0 Å². The van der Waals surface area contributed by atoms with Crippen molar-refractivity contribution in [3.63, 3.8) is 0 Å².